The number of halogens is 1. The first-order valence-electron chi connectivity index (χ1n) is 10.5. The zero-order valence-electron chi connectivity index (χ0n) is 19.3. The minimum Gasteiger partial charge on any atom is -0.493 e. The number of guanidine groups is 1. The highest BCUT2D eigenvalue weighted by Crippen LogP contribution is 2.30. The number of nitrogens with zero attached hydrogens (tertiary/aromatic N) is 1. The summed E-state index contributed by atoms with van der Waals surface area (Å²) in [7, 11) is 1.62. The number of urea groups is 1. The van der Waals surface area contributed by atoms with Crippen molar-refractivity contribution >= 4 is 47.3 Å². The molecule has 0 aliphatic heterocycles. The lowest BCUT2D eigenvalue weighted by atomic mass is 10.2. The number of ether oxygens (including phenoxy) is 2. The zero-order chi connectivity index (χ0) is 22.6. The van der Waals surface area contributed by atoms with Crippen LogP contribution in [0.15, 0.2) is 47.5 Å². The summed E-state index contributed by atoms with van der Waals surface area (Å²) < 4.78 is 11.0. The number of anilines is 2. The van der Waals surface area contributed by atoms with Crippen molar-refractivity contribution in [1.29, 1.82) is 0 Å². The fourth-order valence-corrected chi connectivity index (χ4v) is 2.76. The van der Waals surface area contributed by atoms with Crippen molar-refractivity contribution in [3.05, 3.63) is 48.0 Å². The molecule has 2 aromatic rings. The van der Waals surface area contributed by atoms with Crippen molar-refractivity contribution in [2.75, 3.05) is 30.9 Å². The summed E-state index contributed by atoms with van der Waals surface area (Å²) in [5, 5.41) is 12.1. The van der Waals surface area contributed by atoms with Gasteiger partial charge in [0.1, 0.15) is 0 Å². The number of amides is 2. The van der Waals surface area contributed by atoms with Gasteiger partial charge in [-0.3, -0.25) is 0 Å². The molecule has 0 aromatic heterocycles. The number of carbonyl (C=O) groups excluding carboxylic acids is 1. The first kappa shape index (κ1) is 27.3. The smallest absolute Gasteiger partial charge is 0.319 e. The van der Waals surface area contributed by atoms with Gasteiger partial charge in [-0.05, 0) is 57.5 Å². The van der Waals surface area contributed by atoms with Crippen LogP contribution in [0.3, 0.4) is 0 Å². The Morgan fingerprint density at radius 3 is 2.28 bits per heavy atom. The molecule has 4 N–H and O–H groups in total. The first-order valence-corrected chi connectivity index (χ1v) is 10.5. The van der Waals surface area contributed by atoms with Crippen molar-refractivity contribution < 1.29 is 14.3 Å². The second-order valence-corrected chi connectivity index (χ2v) is 7.07. The molecule has 0 saturated heterocycles. The molecule has 0 atom stereocenters. The van der Waals surface area contributed by atoms with Crippen molar-refractivity contribution in [1.82, 2.24) is 10.6 Å². The second-order valence-electron chi connectivity index (χ2n) is 7.07. The maximum Gasteiger partial charge on any atom is 0.319 e. The minimum absolute atomic E-state index is 0. The highest BCUT2D eigenvalue weighted by Gasteiger charge is 2.07. The zero-order valence-corrected chi connectivity index (χ0v) is 21.7. The molecule has 0 aliphatic rings. The van der Waals surface area contributed by atoms with Gasteiger partial charge in [-0.25, -0.2) is 9.79 Å². The predicted molar refractivity (Wildman–Crippen MR) is 142 cm³/mol. The number of benzene rings is 2. The SMILES string of the molecule is CCNC(=NCc1ccc(NC(=O)NC(C)C)cc1)Nc1ccc(OCC)c(OC)c1.I. The summed E-state index contributed by atoms with van der Waals surface area (Å²) in [5.74, 6) is 2.02. The van der Waals surface area contributed by atoms with E-state index in [1.54, 1.807) is 7.11 Å². The number of methoxy groups -OCH3 is 1. The molecule has 2 amide bonds. The molecule has 0 spiro atoms. The van der Waals surface area contributed by atoms with Crippen LogP contribution in [0.4, 0.5) is 16.2 Å². The average Bonchev–Trinajstić information content (AvgIpc) is 2.73. The lowest BCUT2D eigenvalue weighted by Gasteiger charge is -2.14. The van der Waals surface area contributed by atoms with Gasteiger partial charge in [0.15, 0.2) is 17.5 Å². The van der Waals surface area contributed by atoms with Crippen LogP contribution >= 0.6 is 24.0 Å². The van der Waals surface area contributed by atoms with Crippen molar-refractivity contribution in [2.24, 2.45) is 4.99 Å². The Bertz CT molecular complexity index is 872. The van der Waals surface area contributed by atoms with Gasteiger partial charge in [0.05, 0.1) is 20.3 Å². The Balaban J connectivity index is 0.00000512. The lowest BCUT2D eigenvalue weighted by molar-refractivity contribution is 0.250. The minimum atomic E-state index is -0.217. The van der Waals surface area contributed by atoms with E-state index in [-0.39, 0.29) is 36.0 Å². The van der Waals surface area contributed by atoms with E-state index in [0.29, 0.717) is 30.6 Å². The van der Waals surface area contributed by atoms with Gasteiger partial charge in [-0.1, -0.05) is 12.1 Å². The molecule has 176 valence electrons. The number of carbonyl (C=O) groups is 1. The highest BCUT2D eigenvalue weighted by atomic mass is 127. The van der Waals surface area contributed by atoms with E-state index >= 15 is 0 Å². The monoisotopic (exact) mass is 555 g/mol. The maximum absolute atomic E-state index is 11.8. The van der Waals surface area contributed by atoms with Crippen LogP contribution in [0.2, 0.25) is 0 Å². The molecule has 0 bridgehead atoms. The number of hydrogen-bond donors (Lipinski definition) is 4. The standard InChI is InChI=1S/C23H33N5O3.HI/c1-6-24-22(27-19-12-13-20(31-7-2)21(14-19)30-5)25-15-17-8-10-18(11-9-17)28-23(29)26-16(3)4;/h8-14,16H,6-7,15H2,1-5H3,(H2,24,25,27)(H2,26,28,29);1H. The maximum atomic E-state index is 11.8. The Hall–Kier alpha value is -2.69. The van der Waals surface area contributed by atoms with Crippen LogP contribution in [0.5, 0.6) is 11.5 Å². The molecule has 0 aliphatic carbocycles. The van der Waals surface area contributed by atoms with Gasteiger partial charge in [-0.2, -0.15) is 0 Å². The van der Waals surface area contributed by atoms with Crippen molar-refractivity contribution in [2.45, 2.75) is 40.3 Å². The lowest BCUT2D eigenvalue weighted by Crippen LogP contribution is -2.34. The summed E-state index contributed by atoms with van der Waals surface area (Å²) in [4.78, 5) is 16.4. The average molecular weight is 555 g/mol. The van der Waals surface area contributed by atoms with Crippen molar-refractivity contribution in [3.63, 3.8) is 0 Å². The van der Waals surface area contributed by atoms with E-state index in [2.05, 4.69) is 26.3 Å². The van der Waals surface area contributed by atoms with Crippen LogP contribution in [-0.4, -0.2) is 38.3 Å². The molecule has 9 heteroatoms. The Morgan fingerprint density at radius 2 is 1.69 bits per heavy atom. The van der Waals surface area contributed by atoms with E-state index in [4.69, 9.17) is 9.47 Å². The molecule has 0 unspecified atom stereocenters. The predicted octanol–water partition coefficient (Wildman–Crippen LogP) is 4.82. The Kier molecular flexibility index (Phi) is 12.3. The van der Waals surface area contributed by atoms with Crippen LogP contribution in [-0.2, 0) is 6.54 Å². The van der Waals surface area contributed by atoms with Gasteiger partial charge < -0.3 is 30.7 Å². The number of hydrogen-bond acceptors (Lipinski definition) is 4. The summed E-state index contributed by atoms with van der Waals surface area (Å²) in [6, 6.07) is 13.1. The normalized spacial score (nSPS) is 10.8. The molecule has 0 fully saturated rings. The fourth-order valence-electron chi connectivity index (χ4n) is 2.76. The van der Waals surface area contributed by atoms with Gasteiger partial charge in [-0.15, -0.1) is 24.0 Å². The van der Waals surface area contributed by atoms with Gasteiger partial charge in [0.25, 0.3) is 0 Å². The van der Waals surface area contributed by atoms with E-state index in [1.165, 1.54) is 0 Å². The van der Waals surface area contributed by atoms with E-state index in [1.807, 2.05) is 70.2 Å². The van der Waals surface area contributed by atoms with Crippen LogP contribution in [0.25, 0.3) is 0 Å². The first-order chi connectivity index (χ1) is 14.9. The molecule has 2 aromatic carbocycles. The summed E-state index contributed by atoms with van der Waals surface area (Å²) in [6.07, 6.45) is 0. The summed E-state index contributed by atoms with van der Waals surface area (Å²) in [6.45, 7) is 9.57. The van der Waals surface area contributed by atoms with Gasteiger partial charge >= 0.3 is 6.03 Å². The van der Waals surface area contributed by atoms with Crippen LogP contribution in [0.1, 0.15) is 33.3 Å². The molecule has 0 heterocycles. The Labute approximate surface area is 207 Å². The quantitative estimate of drug-likeness (QED) is 0.202. The molecule has 2 rings (SSSR count). The second kappa shape index (κ2) is 14.4. The molecule has 0 saturated carbocycles. The van der Waals surface area contributed by atoms with Crippen LogP contribution in [0, 0.1) is 0 Å². The summed E-state index contributed by atoms with van der Waals surface area (Å²) >= 11 is 0. The molecule has 32 heavy (non-hydrogen) atoms. The fraction of sp³-hybridized carbons (Fsp3) is 0.391. The van der Waals surface area contributed by atoms with Crippen molar-refractivity contribution in [3.8, 4) is 11.5 Å². The van der Waals surface area contributed by atoms with Crippen LogP contribution < -0.4 is 30.7 Å². The number of aliphatic imine (C=N–C) groups is 1. The molecular weight excluding hydrogens is 521 g/mol. The largest absolute Gasteiger partial charge is 0.493 e. The third-order valence-electron chi connectivity index (χ3n) is 4.12. The van der Waals surface area contributed by atoms with E-state index in [0.717, 1.165) is 23.5 Å². The Morgan fingerprint density at radius 1 is 1.00 bits per heavy atom. The van der Waals surface area contributed by atoms with E-state index < -0.39 is 0 Å². The van der Waals surface area contributed by atoms with E-state index in [9.17, 15) is 4.79 Å². The summed E-state index contributed by atoms with van der Waals surface area (Å²) in [5.41, 5.74) is 2.60. The third kappa shape index (κ3) is 9.21. The molecule has 0 radical (unpaired) electrons. The molecular formula is C23H34IN5O3. The van der Waals surface area contributed by atoms with Gasteiger partial charge in [0.2, 0.25) is 0 Å². The molecule has 8 nitrogen and oxygen atoms in total. The number of nitrogens with one attached hydrogen (secondary N) is 4. The number of rotatable bonds is 9. The topological polar surface area (TPSA) is 96.0 Å². The third-order valence-corrected chi connectivity index (χ3v) is 4.12. The highest BCUT2D eigenvalue weighted by molar-refractivity contribution is 14.0. The van der Waals surface area contributed by atoms with Gasteiger partial charge in [0, 0.05) is 30.0 Å².